The zero-order valence-electron chi connectivity index (χ0n) is 14.2. The molecule has 1 saturated heterocycles. The van der Waals surface area contributed by atoms with Gasteiger partial charge in [-0.2, -0.15) is 0 Å². The van der Waals surface area contributed by atoms with E-state index in [2.05, 4.69) is 30.3 Å². The third kappa shape index (κ3) is 3.53. The average molecular weight is 334 g/mol. The quantitative estimate of drug-likeness (QED) is 0.768. The summed E-state index contributed by atoms with van der Waals surface area (Å²) >= 11 is 0. The van der Waals surface area contributed by atoms with Crippen LogP contribution in [0.4, 0.5) is 0 Å². The van der Waals surface area contributed by atoms with Crippen molar-refractivity contribution >= 4 is 10.8 Å². The summed E-state index contributed by atoms with van der Waals surface area (Å²) in [6.07, 6.45) is 1.29. The monoisotopic (exact) mass is 334 g/mol. The molecule has 3 heteroatoms. The minimum absolute atomic E-state index is 0.530. The van der Waals surface area contributed by atoms with Crippen LogP contribution in [-0.4, -0.2) is 18.3 Å². The van der Waals surface area contributed by atoms with Gasteiger partial charge in [-0.05, 0) is 40.1 Å². The summed E-state index contributed by atoms with van der Waals surface area (Å²) in [6, 6.07) is 22.5. The Morgan fingerprint density at radius 3 is 2.36 bits per heavy atom. The topological polar surface area (TPSA) is 38.7 Å². The summed E-state index contributed by atoms with van der Waals surface area (Å²) in [7, 11) is 0. The lowest BCUT2D eigenvalue weighted by atomic mass is 9.86. The first-order valence-corrected chi connectivity index (χ1v) is 8.74. The number of ether oxygens (including phenoxy) is 2. The van der Waals surface area contributed by atoms with E-state index in [0.717, 1.165) is 16.9 Å². The van der Waals surface area contributed by atoms with E-state index >= 15 is 0 Å². The van der Waals surface area contributed by atoms with Gasteiger partial charge in [0.1, 0.15) is 12.4 Å². The van der Waals surface area contributed by atoms with E-state index in [1.54, 1.807) is 0 Å². The van der Waals surface area contributed by atoms with E-state index < -0.39 is 5.60 Å². The standard InChI is InChI=1S/C22H22O3/c23-22(11-13-24-14-12-22)20-7-9-21(10-8-20)25-16-17-5-6-18-3-1-2-4-19(18)15-17/h1-10,15,23H,11-14,16H2. The van der Waals surface area contributed by atoms with Crippen molar-refractivity contribution in [1.82, 2.24) is 0 Å². The van der Waals surface area contributed by atoms with Gasteiger partial charge in [-0.1, -0.05) is 48.5 Å². The number of hydrogen-bond donors (Lipinski definition) is 1. The van der Waals surface area contributed by atoms with Crippen molar-refractivity contribution in [2.75, 3.05) is 13.2 Å². The Bertz CT molecular complexity index is 849. The Hall–Kier alpha value is -2.36. The van der Waals surface area contributed by atoms with Crippen molar-refractivity contribution < 1.29 is 14.6 Å². The molecule has 0 spiro atoms. The van der Waals surface area contributed by atoms with Crippen LogP contribution in [0.25, 0.3) is 10.8 Å². The number of aliphatic hydroxyl groups is 1. The third-order valence-corrected chi connectivity index (χ3v) is 4.93. The maximum absolute atomic E-state index is 10.7. The minimum Gasteiger partial charge on any atom is -0.489 e. The molecular weight excluding hydrogens is 312 g/mol. The van der Waals surface area contributed by atoms with Crippen LogP contribution in [0.5, 0.6) is 5.75 Å². The molecule has 0 amide bonds. The molecule has 0 radical (unpaired) electrons. The summed E-state index contributed by atoms with van der Waals surface area (Å²) in [6.45, 7) is 1.75. The van der Waals surface area contributed by atoms with Crippen LogP contribution in [0, 0.1) is 0 Å². The fourth-order valence-corrected chi connectivity index (χ4v) is 3.35. The lowest BCUT2D eigenvalue weighted by Crippen LogP contribution is -2.33. The Morgan fingerprint density at radius 1 is 0.880 bits per heavy atom. The van der Waals surface area contributed by atoms with Gasteiger partial charge in [0.2, 0.25) is 0 Å². The van der Waals surface area contributed by atoms with Gasteiger partial charge in [0, 0.05) is 26.1 Å². The predicted octanol–water partition coefficient (Wildman–Crippen LogP) is 4.42. The zero-order chi connectivity index (χ0) is 17.1. The van der Waals surface area contributed by atoms with Gasteiger partial charge in [0.25, 0.3) is 0 Å². The first kappa shape index (κ1) is 16.1. The molecule has 0 bridgehead atoms. The van der Waals surface area contributed by atoms with Crippen LogP contribution in [0.15, 0.2) is 66.7 Å². The second-order valence-electron chi connectivity index (χ2n) is 6.64. The summed E-state index contributed by atoms with van der Waals surface area (Å²) < 4.78 is 11.3. The third-order valence-electron chi connectivity index (χ3n) is 4.93. The van der Waals surface area contributed by atoms with Gasteiger partial charge in [0.15, 0.2) is 0 Å². The lowest BCUT2D eigenvalue weighted by molar-refractivity contribution is -0.0679. The highest BCUT2D eigenvalue weighted by atomic mass is 16.5. The van der Waals surface area contributed by atoms with Gasteiger partial charge in [0.05, 0.1) is 5.60 Å². The van der Waals surface area contributed by atoms with Crippen molar-refractivity contribution in [1.29, 1.82) is 0 Å². The van der Waals surface area contributed by atoms with Gasteiger partial charge < -0.3 is 14.6 Å². The fraction of sp³-hybridized carbons (Fsp3) is 0.273. The molecule has 0 saturated carbocycles. The van der Waals surface area contributed by atoms with Crippen LogP contribution in [0.3, 0.4) is 0 Å². The van der Waals surface area contributed by atoms with Crippen LogP contribution >= 0.6 is 0 Å². The molecule has 1 aliphatic heterocycles. The number of benzene rings is 3. The van der Waals surface area contributed by atoms with Gasteiger partial charge in [-0.25, -0.2) is 0 Å². The van der Waals surface area contributed by atoms with Crippen molar-refractivity contribution in [2.45, 2.75) is 25.0 Å². The summed E-state index contributed by atoms with van der Waals surface area (Å²) in [5, 5.41) is 13.2. The summed E-state index contributed by atoms with van der Waals surface area (Å²) in [5.74, 6) is 0.813. The molecule has 3 nitrogen and oxygen atoms in total. The normalized spacial score (nSPS) is 16.7. The van der Waals surface area contributed by atoms with Crippen LogP contribution < -0.4 is 4.74 Å². The molecule has 0 atom stereocenters. The maximum atomic E-state index is 10.7. The Kier molecular flexibility index (Phi) is 4.43. The highest BCUT2D eigenvalue weighted by Crippen LogP contribution is 2.32. The molecule has 0 aromatic heterocycles. The van der Waals surface area contributed by atoms with Gasteiger partial charge >= 0.3 is 0 Å². The van der Waals surface area contributed by atoms with Crippen molar-refractivity contribution in [3.05, 3.63) is 77.9 Å². The molecule has 3 aromatic carbocycles. The van der Waals surface area contributed by atoms with E-state index in [1.165, 1.54) is 10.8 Å². The molecule has 1 aliphatic rings. The van der Waals surface area contributed by atoms with E-state index in [4.69, 9.17) is 9.47 Å². The van der Waals surface area contributed by atoms with Crippen LogP contribution in [0.1, 0.15) is 24.0 Å². The van der Waals surface area contributed by atoms with Gasteiger partial charge in [-0.15, -0.1) is 0 Å². The van der Waals surface area contributed by atoms with Crippen molar-refractivity contribution in [3.8, 4) is 5.75 Å². The molecular formula is C22H22O3. The number of rotatable bonds is 4. The molecule has 0 aliphatic carbocycles. The molecule has 128 valence electrons. The van der Waals surface area contributed by atoms with Crippen LogP contribution in [-0.2, 0) is 16.9 Å². The molecule has 1 heterocycles. The second-order valence-corrected chi connectivity index (χ2v) is 6.64. The SMILES string of the molecule is OC1(c2ccc(OCc3ccc4ccccc4c3)cc2)CCOCC1. The Balaban J connectivity index is 1.44. The zero-order valence-corrected chi connectivity index (χ0v) is 14.2. The molecule has 3 aromatic rings. The summed E-state index contributed by atoms with van der Waals surface area (Å²) in [5.41, 5.74) is 1.31. The highest BCUT2D eigenvalue weighted by Gasteiger charge is 2.31. The second kappa shape index (κ2) is 6.87. The first-order chi connectivity index (χ1) is 12.2. The van der Waals surface area contributed by atoms with Crippen molar-refractivity contribution in [2.24, 2.45) is 0 Å². The Morgan fingerprint density at radius 2 is 1.60 bits per heavy atom. The highest BCUT2D eigenvalue weighted by molar-refractivity contribution is 5.82. The average Bonchev–Trinajstić information content (AvgIpc) is 2.67. The lowest BCUT2D eigenvalue weighted by Gasteiger charge is -2.32. The predicted molar refractivity (Wildman–Crippen MR) is 98.7 cm³/mol. The van der Waals surface area contributed by atoms with E-state index in [1.807, 2.05) is 36.4 Å². The fourth-order valence-electron chi connectivity index (χ4n) is 3.35. The van der Waals surface area contributed by atoms with Gasteiger partial charge in [-0.3, -0.25) is 0 Å². The molecule has 25 heavy (non-hydrogen) atoms. The first-order valence-electron chi connectivity index (χ1n) is 8.74. The smallest absolute Gasteiger partial charge is 0.119 e. The molecule has 1 N–H and O–H groups in total. The molecule has 1 fully saturated rings. The minimum atomic E-state index is -0.769. The van der Waals surface area contributed by atoms with Crippen LogP contribution in [0.2, 0.25) is 0 Å². The van der Waals surface area contributed by atoms with E-state index in [-0.39, 0.29) is 0 Å². The largest absolute Gasteiger partial charge is 0.489 e. The van der Waals surface area contributed by atoms with Crippen molar-refractivity contribution in [3.63, 3.8) is 0 Å². The maximum Gasteiger partial charge on any atom is 0.119 e. The van der Waals surface area contributed by atoms with E-state index in [9.17, 15) is 5.11 Å². The molecule has 4 rings (SSSR count). The molecule has 0 unspecified atom stereocenters. The summed E-state index contributed by atoms with van der Waals surface area (Å²) in [4.78, 5) is 0. The Labute approximate surface area is 147 Å². The number of fused-ring (bicyclic) bond motifs is 1. The number of hydrogen-bond acceptors (Lipinski definition) is 3. The van der Waals surface area contributed by atoms with E-state index in [0.29, 0.717) is 32.7 Å².